The van der Waals surface area contributed by atoms with E-state index in [0.717, 1.165) is 5.56 Å². The zero-order valence-electron chi connectivity index (χ0n) is 9.55. The third-order valence-electron chi connectivity index (χ3n) is 2.30. The number of amides is 1. The van der Waals surface area contributed by atoms with Gasteiger partial charge in [-0.15, -0.1) is 0 Å². The number of carbonyl (C=O) groups excluding carboxylic acids is 1. The minimum Gasteiger partial charge on any atom is -0.389 e. The number of aliphatic hydroxyl groups excluding tert-OH is 1. The Balaban J connectivity index is 2.92. The Morgan fingerprint density at radius 2 is 2.38 bits per heavy atom. The Bertz CT molecular complexity index is 366. The number of nitrogens with zero attached hydrogens (tertiary/aromatic N) is 2. The molecule has 0 aliphatic heterocycles. The van der Waals surface area contributed by atoms with E-state index in [2.05, 4.69) is 4.98 Å². The quantitative estimate of drug-likeness (QED) is 0.759. The number of aliphatic hydroxyl groups is 1. The van der Waals surface area contributed by atoms with E-state index in [4.69, 9.17) is 5.73 Å². The molecule has 1 heterocycles. The number of nitrogens with two attached hydrogens (primary N) is 1. The molecule has 1 aromatic heterocycles. The summed E-state index contributed by atoms with van der Waals surface area (Å²) in [7, 11) is 0. The molecule has 0 aliphatic rings. The number of rotatable bonds is 5. The zero-order chi connectivity index (χ0) is 12.1. The van der Waals surface area contributed by atoms with E-state index in [-0.39, 0.29) is 6.54 Å². The number of primary amides is 1. The van der Waals surface area contributed by atoms with Gasteiger partial charge in [-0.3, -0.25) is 4.79 Å². The highest BCUT2D eigenvalue weighted by atomic mass is 16.3. The van der Waals surface area contributed by atoms with Gasteiger partial charge in [-0.05, 0) is 31.5 Å². The zero-order valence-corrected chi connectivity index (χ0v) is 9.55. The summed E-state index contributed by atoms with van der Waals surface area (Å²) in [4.78, 5) is 16.8. The fourth-order valence-electron chi connectivity index (χ4n) is 1.41. The molecule has 0 aromatic carbocycles. The SMILES string of the molecule is CCN(CC(N)=O)c1cc(C(C)O)ccn1. The van der Waals surface area contributed by atoms with Crippen LogP contribution in [-0.2, 0) is 4.79 Å². The maximum absolute atomic E-state index is 10.9. The molecule has 0 aliphatic carbocycles. The summed E-state index contributed by atoms with van der Waals surface area (Å²) in [5.41, 5.74) is 5.92. The van der Waals surface area contributed by atoms with E-state index in [1.807, 2.05) is 6.92 Å². The fraction of sp³-hybridized carbons (Fsp3) is 0.455. The predicted molar refractivity (Wildman–Crippen MR) is 62.0 cm³/mol. The summed E-state index contributed by atoms with van der Waals surface area (Å²) in [6.45, 7) is 4.37. The lowest BCUT2D eigenvalue weighted by atomic mass is 10.1. The molecular formula is C11H17N3O2. The fourth-order valence-corrected chi connectivity index (χ4v) is 1.41. The third kappa shape index (κ3) is 3.20. The molecule has 1 rings (SSSR count). The number of pyridine rings is 1. The summed E-state index contributed by atoms with van der Waals surface area (Å²) in [6.07, 6.45) is 1.06. The van der Waals surface area contributed by atoms with E-state index in [1.165, 1.54) is 0 Å². The molecule has 0 spiro atoms. The molecule has 0 radical (unpaired) electrons. The van der Waals surface area contributed by atoms with Crippen LogP contribution in [0, 0.1) is 0 Å². The van der Waals surface area contributed by atoms with Crippen molar-refractivity contribution in [3.8, 4) is 0 Å². The Morgan fingerprint density at radius 1 is 1.69 bits per heavy atom. The molecule has 1 amide bonds. The molecule has 5 nitrogen and oxygen atoms in total. The first-order chi connectivity index (χ1) is 7.54. The van der Waals surface area contributed by atoms with Crippen molar-refractivity contribution < 1.29 is 9.90 Å². The Morgan fingerprint density at radius 3 is 2.88 bits per heavy atom. The van der Waals surface area contributed by atoms with E-state index in [0.29, 0.717) is 12.4 Å². The van der Waals surface area contributed by atoms with Crippen LogP contribution >= 0.6 is 0 Å². The number of likely N-dealkylation sites (N-methyl/N-ethyl adjacent to an activating group) is 1. The highest BCUT2D eigenvalue weighted by Crippen LogP contribution is 2.17. The molecule has 0 saturated heterocycles. The summed E-state index contributed by atoms with van der Waals surface area (Å²) in [6, 6.07) is 3.50. The van der Waals surface area contributed by atoms with Crippen LogP contribution in [0.2, 0.25) is 0 Å². The summed E-state index contributed by atoms with van der Waals surface area (Å²) >= 11 is 0. The van der Waals surface area contributed by atoms with Gasteiger partial charge in [0, 0.05) is 12.7 Å². The second kappa shape index (κ2) is 5.46. The molecule has 16 heavy (non-hydrogen) atoms. The van der Waals surface area contributed by atoms with Gasteiger partial charge in [0.2, 0.25) is 5.91 Å². The number of carbonyl (C=O) groups is 1. The Hall–Kier alpha value is -1.62. The van der Waals surface area contributed by atoms with Gasteiger partial charge in [0.25, 0.3) is 0 Å². The lowest BCUT2D eigenvalue weighted by Gasteiger charge is -2.20. The Kier molecular flexibility index (Phi) is 4.25. The third-order valence-corrected chi connectivity index (χ3v) is 2.30. The van der Waals surface area contributed by atoms with Gasteiger partial charge in [0.15, 0.2) is 0 Å². The first kappa shape index (κ1) is 12.4. The maximum Gasteiger partial charge on any atom is 0.236 e. The van der Waals surface area contributed by atoms with Crippen molar-refractivity contribution in [2.75, 3.05) is 18.0 Å². The van der Waals surface area contributed by atoms with Crippen LogP contribution in [0.25, 0.3) is 0 Å². The van der Waals surface area contributed by atoms with Crippen molar-refractivity contribution >= 4 is 11.7 Å². The van der Waals surface area contributed by atoms with Crippen LogP contribution in [0.4, 0.5) is 5.82 Å². The van der Waals surface area contributed by atoms with Crippen LogP contribution in [0.1, 0.15) is 25.5 Å². The monoisotopic (exact) mass is 223 g/mol. The van der Waals surface area contributed by atoms with E-state index in [1.54, 1.807) is 30.2 Å². The van der Waals surface area contributed by atoms with E-state index < -0.39 is 12.0 Å². The molecule has 0 bridgehead atoms. The summed E-state index contributed by atoms with van der Waals surface area (Å²) < 4.78 is 0. The van der Waals surface area contributed by atoms with Crippen LogP contribution < -0.4 is 10.6 Å². The van der Waals surface area contributed by atoms with Crippen LogP contribution in [0.15, 0.2) is 18.3 Å². The van der Waals surface area contributed by atoms with Crippen molar-refractivity contribution in [1.29, 1.82) is 0 Å². The van der Waals surface area contributed by atoms with Crippen molar-refractivity contribution in [3.63, 3.8) is 0 Å². The van der Waals surface area contributed by atoms with Crippen molar-refractivity contribution in [2.45, 2.75) is 20.0 Å². The molecule has 0 saturated carbocycles. The number of hydrogen-bond donors (Lipinski definition) is 2. The van der Waals surface area contributed by atoms with Crippen LogP contribution in [0.3, 0.4) is 0 Å². The van der Waals surface area contributed by atoms with Gasteiger partial charge in [-0.1, -0.05) is 0 Å². The summed E-state index contributed by atoms with van der Waals surface area (Å²) in [5, 5.41) is 9.45. The lowest BCUT2D eigenvalue weighted by molar-refractivity contribution is -0.116. The topological polar surface area (TPSA) is 79.5 Å². The van der Waals surface area contributed by atoms with Crippen molar-refractivity contribution in [3.05, 3.63) is 23.9 Å². The van der Waals surface area contributed by atoms with Gasteiger partial charge >= 0.3 is 0 Å². The highest BCUT2D eigenvalue weighted by Gasteiger charge is 2.10. The largest absolute Gasteiger partial charge is 0.389 e. The molecule has 1 atom stereocenters. The normalized spacial score (nSPS) is 12.2. The second-order valence-electron chi connectivity index (χ2n) is 3.60. The predicted octanol–water partition coefficient (Wildman–Crippen LogP) is 0.446. The number of hydrogen-bond acceptors (Lipinski definition) is 4. The van der Waals surface area contributed by atoms with Crippen molar-refractivity contribution in [2.24, 2.45) is 5.73 Å². The minimum absolute atomic E-state index is 0.132. The molecule has 88 valence electrons. The molecule has 5 heteroatoms. The average Bonchev–Trinajstić information content (AvgIpc) is 2.25. The van der Waals surface area contributed by atoms with Crippen LogP contribution in [0.5, 0.6) is 0 Å². The van der Waals surface area contributed by atoms with Gasteiger partial charge in [-0.2, -0.15) is 0 Å². The van der Waals surface area contributed by atoms with Crippen LogP contribution in [-0.4, -0.2) is 29.1 Å². The summed E-state index contributed by atoms with van der Waals surface area (Å²) in [5.74, 6) is 0.255. The first-order valence-corrected chi connectivity index (χ1v) is 5.21. The molecular weight excluding hydrogens is 206 g/mol. The molecule has 1 unspecified atom stereocenters. The van der Waals surface area contributed by atoms with E-state index >= 15 is 0 Å². The first-order valence-electron chi connectivity index (χ1n) is 5.21. The molecule has 1 aromatic rings. The van der Waals surface area contributed by atoms with Gasteiger partial charge in [0.1, 0.15) is 5.82 Å². The lowest BCUT2D eigenvalue weighted by Crippen LogP contribution is -2.34. The average molecular weight is 223 g/mol. The minimum atomic E-state index is -0.547. The van der Waals surface area contributed by atoms with Crippen molar-refractivity contribution in [1.82, 2.24) is 4.98 Å². The standard InChI is InChI=1S/C11H17N3O2/c1-3-14(7-10(12)16)11-6-9(8(2)15)4-5-13-11/h4-6,8,15H,3,7H2,1-2H3,(H2,12,16). The van der Waals surface area contributed by atoms with Gasteiger partial charge in [-0.25, -0.2) is 4.98 Å². The van der Waals surface area contributed by atoms with Gasteiger partial charge < -0.3 is 15.7 Å². The second-order valence-corrected chi connectivity index (χ2v) is 3.60. The smallest absolute Gasteiger partial charge is 0.236 e. The Labute approximate surface area is 94.9 Å². The van der Waals surface area contributed by atoms with E-state index in [9.17, 15) is 9.90 Å². The number of aromatic nitrogens is 1. The highest BCUT2D eigenvalue weighted by molar-refractivity contribution is 5.79. The number of anilines is 1. The van der Waals surface area contributed by atoms with Gasteiger partial charge in [0.05, 0.1) is 12.6 Å². The molecule has 0 fully saturated rings. The molecule has 3 N–H and O–H groups in total. The maximum atomic E-state index is 10.9.